The number of nitrogens with zero attached hydrogens (tertiary/aromatic N) is 6. The van der Waals surface area contributed by atoms with Gasteiger partial charge in [0.25, 0.3) is 0 Å². The average Bonchev–Trinajstić information content (AvgIpc) is 3.45. The number of amides is 1. The summed E-state index contributed by atoms with van der Waals surface area (Å²) in [6.45, 7) is 0.466. The van der Waals surface area contributed by atoms with E-state index in [1.165, 1.54) is 6.20 Å². The molecule has 0 aromatic carbocycles. The van der Waals surface area contributed by atoms with Gasteiger partial charge in [0.05, 0.1) is 17.2 Å². The van der Waals surface area contributed by atoms with Crippen molar-refractivity contribution in [2.24, 2.45) is 10.8 Å². The molecule has 32 heavy (non-hydrogen) atoms. The minimum Gasteiger partial charge on any atom is -0.470 e. The van der Waals surface area contributed by atoms with Gasteiger partial charge < -0.3 is 19.7 Å². The summed E-state index contributed by atoms with van der Waals surface area (Å²) in [6, 6.07) is 5.05. The molecule has 0 bridgehead atoms. The Kier molecular flexibility index (Phi) is 5.07. The molecular formula is C21H19N7O4. The minimum absolute atomic E-state index is 0.0516. The van der Waals surface area contributed by atoms with Gasteiger partial charge >= 0.3 is 0 Å². The highest BCUT2D eigenvalue weighted by molar-refractivity contribution is 5.96. The summed E-state index contributed by atoms with van der Waals surface area (Å²) in [5.41, 5.74) is 7.65. The highest BCUT2D eigenvalue weighted by Crippen LogP contribution is 2.36. The van der Waals surface area contributed by atoms with Crippen molar-refractivity contribution in [2.45, 2.75) is 25.6 Å². The van der Waals surface area contributed by atoms with Crippen molar-refractivity contribution in [3.05, 3.63) is 71.0 Å². The number of pyridine rings is 1. The number of nitrogens with two attached hydrogens (primary N) is 1. The van der Waals surface area contributed by atoms with Gasteiger partial charge in [-0.3, -0.25) is 9.78 Å². The van der Waals surface area contributed by atoms with Crippen LogP contribution in [0.2, 0.25) is 0 Å². The van der Waals surface area contributed by atoms with E-state index < -0.39 is 5.91 Å². The van der Waals surface area contributed by atoms with Gasteiger partial charge in [0.15, 0.2) is 17.3 Å². The van der Waals surface area contributed by atoms with E-state index in [4.69, 9.17) is 19.7 Å². The van der Waals surface area contributed by atoms with Crippen LogP contribution in [0.1, 0.15) is 40.0 Å². The lowest BCUT2D eigenvalue weighted by atomic mass is 9.90. The number of methoxy groups -OCH3 is 1. The minimum atomic E-state index is -0.530. The molecule has 4 heterocycles. The molecule has 5 rings (SSSR count). The molecular weight excluding hydrogens is 414 g/mol. The second-order valence-electron chi connectivity index (χ2n) is 7.24. The zero-order valence-corrected chi connectivity index (χ0v) is 17.1. The van der Waals surface area contributed by atoms with Crippen molar-refractivity contribution < 1.29 is 18.8 Å². The Morgan fingerprint density at radius 2 is 2.22 bits per heavy atom. The second-order valence-corrected chi connectivity index (χ2v) is 7.24. The van der Waals surface area contributed by atoms with Crippen molar-refractivity contribution in [3.8, 4) is 11.5 Å². The Hall–Kier alpha value is -4.12. The average molecular weight is 433 g/mol. The van der Waals surface area contributed by atoms with Crippen LogP contribution in [-0.4, -0.2) is 43.9 Å². The van der Waals surface area contributed by atoms with E-state index >= 15 is 0 Å². The van der Waals surface area contributed by atoms with E-state index in [1.54, 1.807) is 30.0 Å². The SMILES string of the molecule is COCc1cc(-c2nnc3n2N=C(OCc2ccc(C(N)=O)cn2)C2=CC=CCC23)no1. The molecule has 0 radical (unpaired) electrons. The first kappa shape index (κ1) is 19.8. The van der Waals surface area contributed by atoms with Crippen LogP contribution < -0.4 is 5.73 Å². The first-order valence-electron chi connectivity index (χ1n) is 9.88. The van der Waals surface area contributed by atoms with Gasteiger partial charge in [-0.2, -0.15) is 4.68 Å². The Morgan fingerprint density at radius 3 is 3.00 bits per heavy atom. The molecule has 162 valence electrons. The molecule has 3 aromatic rings. The molecule has 1 amide bonds. The highest BCUT2D eigenvalue weighted by Gasteiger charge is 2.34. The van der Waals surface area contributed by atoms with Crippen LogP contribution in [0, 0.1) is 0 Å². The smallest absolute Gasteiger partial charge is 0.250 e. The summed E-state index contributed by atoms with van der Waals surface area (Å²) in [4.78, 5) is 15.5. The number of allylic oxidation sites excluding steroid dienone is 3. The van der Waals surface area contributed by atoms with E-state index in [-0.39, 0.29) is 12.5 Å². The summed E-state index contributed by atoms with van der Waals surface area (Å²) in [6.07, 6.45) is 8.15. The van der Waals surface area contributed by atoms with E-state index in [9.17, 15) is 4.79 Å². The summed E-state index contributed by atoms with van der Waals surface area (Å²) >= 11 is 0. The summed E-state index contributed by atoms with van der Waals surface area (Å²) in [7, 11) is 1.58. The van der Waals surface area contributed by atoms with Crippen LogP contribution in [0.5, 0.6) is 0 Å². The molecule has 0 fully saturated rings. The predicted octanol–water partition coefficient (Wildman–Crippen LogP) is 1.94. The molecule has 2 N–H and O–H groups in total. The Balaban J connectivity index is 1.46. The second kappa shape index (κ2) is 8.19. The summed E-state index contributed by atoms with van der Waals surface area (Å²) < 4.78 is 18.0. The normalized spacial score (nSPS) is 16.7. The standard InChI is InChI=1S/C21H19N7O4/c1-30-11-14-8-17(27-32-14)20-25-24-19-15-4-2-3-5-16(15)21(26-28(19)20)31-10-13-7-6-12(9-23-13)18(22)29/h2-3,5-9,15H,4,10-11H2,1H3,(H2,22,29). The van der Waals surface area contributed by atoms with Crippen LogP contribution in [0.3, 0.4) is 0 Å². The number of carbonyl (C=O) groups is 1. The predicted molar refractivity (Wildman–Crippen MR) is 111 cm³/mol. The fourth-order valence-electron chi connectivity index (χ4n) is 3.55. The van der Waals surface area contributed by atoms with Crippen molar-refractivity contribution in [1.29, 1.82) is 0 Å². The number of fused-ring (bicyclic) bond motifs is 3. The lowest BCUT2D eigenvalue weighted by molar-refractivity contribution is 0.1000. The third-order valence-electron chi connectivity index (χ3n) is 5.11. The molecule has 11 nitrogen and oxygen atoms in total. The first-order chi connectivity index (χ1) is 15.6. The third kappa shape index (κ3) is 3.58. The monoisotopic (exact) mass is 433 g/mol. The van der Waals surface area contributed by atoms with E-state index in [1.807, 2.05) is 12.2 Å². The number of hydrogen-bond donors (Lipinski definition) is 1. The Morgan fingerprint density at radius 1 is 1.31 bits per heavy atom. The van der Waals surface area contributed by atoms with Crippen molar-refractivity contribution in [2.75, 3.05) is 7.11 Å². The van der Waals surface area contributed by atoms with Crippen LogP contribution in [0.25, 0.3) is 11.5 Å². The van der Waals surface area contributed by atoms with E-state index in [2.05, 4.69) is 31.5 Å². The summed E-state index contributed by atoms with van der Waals surface area (Å²) in [5.74, 6) is 1.58. The Bertz CT molecular complexity index is 1250. The fourth-order valence-corrected chi connectivity index (χ4v) is 3.55. The van der Waals surface area contributed by atoms with Crippen LogP contribution in [0.15, 0.2) is 57.8 Å². The maximum Gasteiger partial charge on any atom is 0.250 e. The maximum atomic E-state index is 11.2. The van der Waals surface area contributed by atoms with Gasteiger partial charge in [-0.25, -0.2) is 0 Å². The third-order valence-corrected chi connectivity index (χ3v) is 5.11. The largest absolute Gasteiger partial charge is 0.470 e. The van der Waals surface area contributed by atoms with Crippen molar-refractivity contribution in [3.63, 3.8) is 0 Å². The first-order valence-corrected chi connectivity index (χ1v) is 9.88. The number of hydrogen-bond acceptors (Lipinski definition) is 9. The van der Waals surface area contributed by atoms with Crippen LogP contribution in [-0.2, 0) is 22.7 Å². The topological polar surface area (TPSA) is 144 Å². The molecule has 11 heteroatoms. The lowest BCUT2D eigenvalue weighted by Gasteiger charge is -2.26. The van der Waals surface area contributed by atoms with Crippen molar-refractivity contribution in [1.82, 2.24) is 25.0 Å². The number of primary amides is 1. The molecule has 0 saturated carbocycles. The number of ether oxygens (including phenoxy) is 2. The van der Waals surface area contributed by atoms with Gasteiger partial charge in [-0.1, -0.05) is 23.4 Å². The molecule has 1 aliphatic carbocycles. The highest BCUT2D eigenvalue weighted by atomic mass is 16.5. The lowest BCUT2D eigenvalue weighted by Crippen LogP contribution is -2.25. The van der Waals surface area contributed by atoms with Gasteiger partial charge in [-0.15, -0.1) is 15.3 Å². The van der Waals surface area contributed by atoms with Crippen molar-refractivity contribution >= 4 is 11.8 Å². The van der Waals surface area contributed by atoms with Gasteiger partial charge in [0.1, 0.15) is 13.2 Å². The zero-order chi connectivity index (χ0) is 22.1. The molecule has 0 spiro atoms. The van der Waals surface area contributed by atoms with Crippen LogP contribution in [0.4, 0.5) is 0 Å². The van der Waals surface area contributed by atoms with Gasteiger partial charge in [0.2, 0.25) is 17.6 Å². The number of aromatic nitrogens is 5. The van der Waals surface area contributed by atoms with Crippen LogP contribution >= 0.6 is 0 Å². The fraction of sp³-hybridized carbons (Fsp3) is 0.238. The molecule has 1 unspecified atom stereocenters. The maximum absolute atomic E-state index is 11.2. The number of rotatable bonds is 6. The van der Waals surface area contributed by atoms with E-state index in [0.29, 0.717) is 46.9 Å². The quantitative estimate of drug-likeness (QED) is 0.621. The zero-order valence-electron chi connectivity index (χ0n) is 17.1. The molecule has 2 aliphatic rings. The van der Waals surface area contributed by atoms with Gasteiger partial charge in [0, 0.05) is 24.9 Å². The molecule has 1 aliphatic heterocycles. The molecule has 1 atom stereocenters. The number of carbonyl (C=O) groups excluding carboxylic acids is 1. The summed E-state index contributed by atoms with van der Waals surface area (Å²) in [5, 5.41) is 17.4. The molecule has 0 saturated heterocycles. The Labute approximate surface area is 182 Å². The molecule has 3 aromatic heterocycles. The van der Waals surface area contributed by atoms with E-state index in [0.717, 1.165) is 12.0 Å². The van der Waals surface area contributed by atoms with Gasteiger partial charge in [-0.05, 0) is 18.6 Å².